The van der Waals surface area contributed by atoms with E-state index in [2.05, 4.69) is 32.2 Å². The maximum Gasteiger partial charge on any atom is 0.187 e. The number of fused-ring (bicyclic) bond motifs is 1. The Morgan fingerprint density at radius 1 is 1.06 bits per heavy atom. The third kappa shape index (κ3) is 4.29. The first-order valence-corrected chi connectivity index (χ1v) is 11.4. The van der Waals surface area contributed by atoms with Crippen LogP contribution in [0.2, 0.25) is 0 Å². The van der Waals surface area contributed by atoms with E-state index in [-0.39, 0.29) is 28.8 Å². The largest absolute Gasteiger partial charge is 0.494 e. The number of pyridine rings is 1. The van der Waals surface area contributed by atoms with E-state index < -0.39 is 11.6 Å². The quantitative estimate of drug-likeness (QED) is 0.432. The van der Waals surface area contributed by atoms with Crippen molar-refractivity contribution in [1.82, 2.24) is 19.9 Å². The fourth-order valence-corrected chi connectivity index (χ4v) is 4.15. The van der Waals surface area contributed by atoms with Crippen molar-refractivity contribution >= 4 is 28.5 Å². The van der Waals surface area contributed by atoms with Crippen LogP contribution in [0.4, 0.5) is 14.6 Å². The van der Waals surface area contributed by atoms with Crippen LogP contribution >= 0.6 is 11.8 Å². The van der Waals surface area contributed by atoms with E-state index in [9.17, 15) is 0 Å². The molecule has 2 aromatic heterocycles. The van der Waals surface area contributed by atoms with Crippen LogP contribution in [0.25, 0.3) is 22.2 Å². The van der Waals surface area contributed by atoms with Crippen molar-refractivity contribution in [3.63, 3.8) is 0 Å². The fraction of sp³-hybridized carbons (Fsp3) is 0.409. The van der Waals surface area contributed by atoms with Gasteiger partial charge in [0.15, 0.2) is 34.1 Å². The summed E-state index contributed by atoms with van der Waals surface area (Å²) < 4.78 is 40.5. The fourth-order valence-electron chi connectivity index (χ4n) is 3.81. The molecule has 1 fully saturated rings. The smallest absolute Gasteiger partial charge is 0.187 e. The first-order chi connectivity index (χ1) is 15.4. The second kappa shape index (κ2) is 9.41. The van der Waals surface area contributed by atoms with Gasteiger partial charge in [0, 0.05) is 23.7 Å². The molecule has 0 amide bonds. The lowest BCUT2D eigenvalue weighted by Crippen LogP contribution is -2.37. The predicted octanol–water partition coefficient (Wildman–Crippen LogP) is 4.22. The zero-order valence-corrected chi connectivity index (χ0v) is 19.2. The number of anilines is 1. The molecule has 0 spiro atoms. The van der Waals surface area contributed by atoms with Crippen LogP contribution in [-0.4, -0.2) is 66.5 Å². The predicted molar refractivity (Wildman–Crippen MR) is 122 cm³/mol. The van der Waals surface area contributed by atoms with Crippen LogP contribution in [0, 0.1) is 11.6 Å². The Morgan fingerprint density at radius 2 is 1.72 bits per heavy atom. The molecule has 32 heavy (non-hydrogen) atoms. The first-order valence-electron chi connectivity index (χ1n) is 10.2. The van der Waals surface area contributed by atoms with Gasteiger partial charge in [-0.25, -0.2) is 23.7 Å². The summed E-state index contributed by atoms with van der Waals surface area (Å²) in [4.78, 5) is 15.8. The molecule has 1 N–H and O–H groups in total. The molecule has 1 aliphatic heterocycles. The molecule has 7 nitrogen and oxygen atoms in total. The molecular weight excluding hydrogens is 436 g/mol. The van der Waals surface area contributed by atoms with Crippen LogP contribution in [0.5, 0.6) is 11.5 Å². The maximum atomic E-state index is 15.2. The van der Waals surface area contributed by atoms with Crippen LogP contribution < -0.4 is 14.8 Å². The van der Waals surface area contributed by atoms with Gasteiger partial charge in [-0.2, -0.15) is 0 Å². The number of piperidine rings is 1. The Bertz CT molecular complexity index is 1110. The third-order valence-electron chi connectivity index (χ3n) is 5.62. The number of aromatic nitrogens is 3. The molecule has 0 radical (unpaired) electrons. The highest BCUT2D eigenvalue weighted by molar-refractivity contribution is 7.98. The van der Waals surface area contributed by atoms with Crippen molar-refractivity contribution in [3.8, 4) is 22.8 Å². The van der Waals surface area contributed by atoms with Crippen molar-refractivity contribution in [2.24, 2.45) is 0 Å². The molecule has 170 valence electrons. The summed E-state index contributed by atoms with van der Waals surface area (Å²) in [7, 11) is 4.72. The maximum absolute atomic E-state index is 15.2. The number of methoxy groups -OCH3 is 2. The highest BCUT2D eigenvalue weighted by atomic mass is 32.2. The number of rotatable bonds is 6. The topological polar surface area (TPSA) is 72.4 Å². The summed E-state index contributed by atoms with van der Waals surface area (Å²) in [6, 6.07) is 2.94. The number of benzene rings is 1. The van der Waals surface area contributed by atoms with Gasteiger partial charge in [0.25, 0.3) is 0 Å². The second-order valence-corrected chi connectivity index (χ2v) is 8.43. The van der Waals surface area contributed by atoms with E-state index in [0.717, 1.165) is 25.9 Å². The summed E-state index contributed by atoms with van der Waals surface area (Å²) in [6.07, 6.45) is 5.40. The summed E-state index contributed by atoms with van der Waals surface area (Å²) in [6.45, 7) is 1.91. The highest BCUT2D eigenvalue weighted by Gasteiger charge is 2.25. The molecule has 10 heteroatoms. The number of likely N-dealkylation sites (tertiary alicyclic amines) is 1. The summed E-state index contributed by atoms with van der Waals surface area (Å²) >= 11 is 1.42. The molecule has 1 aliphatic rings. The van der Waals surface area contributed by atoms with Gasteiger partial charge in [-0.3, -0.25) is 0 Å². The Kier molecular flexibility index (Phi) is 6.61. The van der Waals surface area contributed by atoms with E-state index in [0.29, 0.717) is 21.9 Å². The van der Waals surface area contributed by atoms with Crippen molar-refractivity contribution in [2.45, 2.75) is 24.0 Å². The molecule has 0 aliphatic carbocycles. The van der Waals surface area contributed by atoms with Crippen molar-refractivity contribution < 1.29 is 18.3 Å². The van der Waals surface area contributed by atoms with Gasteiger partial charge in [-0.1, -0.05) is 11.8 Å². The molecule has 3 heterocycles. The van der Waals surface area contributed by atoms with Gasteiger partial charge in [-0.05, 0) is 45.3 Å². The molecule has 4 rings (SSSR count). The summed E-state index contributed by atoms with van der Waals surface area (Å²) in [5.74, 6) is -1.46. The van der Waals surface area contributed by atoms with Gasteiger partial charge in [-0.15, -0.1) is 0 Å². The SMILES string of the molecule is COc1cc(OC)c(F)c(-c2cc3cnc(SC)nc3c(NC3CCN(C)CC3)n2)c1F. The minimum Gasteiger partial charge on any atom is -0.494 e. The molecule has 3 aromatic rings. The van der Waals surface area contributed by atoms with E-state index in [1.54, 1.807) is 12.3 Å². The van der Waals surface area contributed by atoms with E-state index >= 15 is 8.78 Å². The minimum atomic E-state index is -0.843. The molecule has 0 bridgehead atoms. The Morgan fingerprint density at radius 3 is 2.31 bits per heavy atom. The zero-order valence-electron chi connectivity index (χ0n) is 18.4. The number of ether oxygens (including phenoxy) is 2. The standard InChI is InChI=1S/C22H25F2N5O2S/c1-29-7-5-13(6-8-29)26-21-20-12(11-25-22(28-20)32-4)9-14(27-21)17-18(23)15(30-2)10-16(31-3)19(17)24/h9-11,13H,5-8H2,1-4H3,(H,26,27). The summed E-state index contributed by atoms with van der Waals surface area (Å²) in [5, 5.41) is 4.68. The lowest BCUT2D eigenvalue weighted by atomic mass is 10.0. The monoisotopic (exact) mass is 461 g/mol. The van der Waals surface area contributed by atoms with Gasteiger partial charge < -0.3 is 19.7 Å². The van der Waals surface area contributed by atoms with Crippen LogP contribution in [0.3, 0.4) is 0 Å². The lowest BCUT2D eigenvalue weighted by molar-refractivity contribution is 0.264. The second-order valence-electron chi connectivity index (χ2n) is 7.66. The third-order valence-corrected chi connectivity index (χ3v) is 6.18. The Hall–Kier alpha value is -2.72. The van der Waals surface area contributed by atoms with Crippen molar-refractivity contribution in [1.29, 1.82) is 0 Å². The lowest BCUT2D eigenvalue weighted by Gasteiger charge is -2.30. The van der Waals surface area contributed by atoms with Crippen molar-refractivity contribution in [3.05, 3.63) is 30.0 Å². The highest BCUT2D eigenvalue weighted by Crippen LogP contribution is 2.38. The van der Waals surface area contributed by atoms with E-state index in [1.165, 1.54) is 32.0 Å². The molecule has 0 atom stereocenters. The minimum absolute atomic E-state index is 0.112. The molecule has 1 aromatic carbocycles. The molecule has 0 unspecified atom stereocenters. The number of hydrogen-bond acceptors (Lipinski definition) is 8. The number of nitrogens with zero attached hydrogens (tertiary/aromatic N) is 4. The number of nitrogens with one attached hydrogen (secondary N) is 1. The zero-order chi connectivity index (χ0) is 22.8. The Balaban J connectivity index is 1.88. The Labute approximate surface area is 189 Å². The normalized spacial score (nSPS) is 15.2. The average Bonchev–Trinajstić information content (AvgIpc) is 2.80. The van der Waals surface area contributed by atoms with Crippen LogP contribution in [0.15, 0.2) is 23.5 Å². The molecule has 0 saturated carbocycles. The average molecular weight is 462 g/mol. The first kappa shape index (κ1) is 22.5. The van der Waals surface area contributed by atoms with Crippen molar-refractivity contribution in [2.75, 3.05) is 45.9 Å². The van der Waals surface area contributed by atoms with Gasteiger partial charge >= 0.3 is 0 Å². The van der Waals surface area contributed by atoms with Crippen LogP contribution in [0.1, 0.15) is 12.8 Å². The number of thioether (sulfide) groups is 1. The van der Waals surface area contributed by atoms with E-state index in [4.69, 9.17) is 9.47 Å². The molecule has 1 saturated heterocycles. The van der Waals surface area contributed by atoms with Gasteiger partial charge in [0.1, 0.15) is 5.52 Å². The number of halogens is 2. The molecular formula is C22H25F2N5O2S. The van der Waals surface area contributed by atoms with E-state index in [1.807, 2.05) is 6.26 Å². The van der Waals surface area contributed by atoms with Crippen LogP contribution in [-0.2, 0) is 0 Å². The van der Waals surface area contributed by atoms with Gasteiger partial charge in [0.2, 0.25) is 0 Å². The summed E-state index contributed by atoms with van der Waals surface area (Å²) in [5.41, 5.74) is 0.409. The van der Waals surface area contributed by atoms with Gasteiger partial charge in [0.05, 0.1) is 25.5 Å². The number of hydrogen-bond donors (Lipinski definition) is 1.